The van der Waals surface area contributed by atoms with Crippen molar-refractivity contribution in [3.8, 4) is 0 Å². The largest absolute Gasteiger partial charge is 0.501 e. The fourth-order valence-corrected chi connectivity index (χ4v) is 2.92. The van der Waals surface area contributed by atoms with E-state index in [0.717, 1.165) is 31.3 Å². The highest BCUT2D eigenvalue weighted by atomic mass is 16.5. The molecule has 0 spiro atoms. The normalized spacial score (nSPS) is 20.3. The molecule has 2 atom stereocenters. The molecule has 1 heteroatoms. The number of benzene rings is 1. The lowest BCUT2D eigenvalue weighted by Gasteiger charge is -2.25. The van der Waals surface area contributed by atoms with Gasteiger partial charge in [-0.15, -0.1) is 0 Å². The number of rotatable bonds is 7. The highest BCUT2D eigenvalue weighted by molar-refractivity contribution is 5.14. The number of hydrogen-bond donors (Lipinski definition) is 0. The molecule has 1 aliphatic rings. The van der Waals surface area contributed by atoms with E-state index in [9.17, 15) is 0 Å². The predicted molar refractivity (Wildman–Crippen MR) is 90.1 cm³/mol. The molecule has 0 aromatic heterocycles. The first-order valence-electron chi connectivity index (χ1n) is 8.22. The van der Waals surface area contributed by atoms with Gasteiger partial charge in [-0.25, -0.2) is 0 Å². The Morgan fingerprint density at radius 3 is 2.81 bits per heavy atom. The molecule has 1 unspecified atom stereocenters. The Morgan fingerprint density at radius 2 is 2.10 bits per heavy atom. The van der Waals surface area contributed by atoms with Crippen LogP contribution >= 0.6 is 0 Å². The maximum absolute atomic E-state index is 5.60. The molecule has 0 saturated carbocycles. The molecule has 21 heavy (non-hydrogen) atoms. The summed E-state index contributed by atoms with van der Waals surface area (Å²) >= 11 is 0. The van der Waals surface area contributed by atoms with Gasteiger partial charge < -0.3 is 4.74 Å². The third-order valence-electron chi connectivity index (χ3n) is 4.53. The Labute approximate surface area is 129 Å². The summed E-state index contributed by atoms with van der Waals surface area (Å²) in [4.78, 5) is 0. The smallest absolute Gasteiger partial charge is 0.0913 e. The molecule has 0 heterocycles. The summed E-state index contributed by atoms with van der Waals surface area (Å²) in [6.45, 7) is 5.38. The van der Waals surface area contributed by atoms with Crippen molar-refractivity contribution >= 4 is 0 Å². The fraction of sp³-hybridized carbons (Fsp3) is 0.500. The third-order valence-corrected chi connectivity index (χ3v) is 4.53. The van der Waals surface area contributed by atoms with Crippen molar-refractivity contribution in [2.75, 3.05) is 6.61 Å². The van der Waals surface area contributed by atoms with E-state index in [-0.39, 0.29) is 0 Å². The van der Waals surface area contributed by atoms with Crippen LogP contribution in [0.15, 0.2) is 54.3 Å². The summed E-state index contributed by atoms with van der Waals surface area (Å²) in [5.41, 5.74) is 2.90. The molecule has 0 saturated heterocycles. The molecule has 1 nitrogen and oxygen atoms in total. The lowest BCUT2D eigenvalue weighted by molar-refractivity contribution is 0.250. The van der Waals surface area contributed by atoms with E-state index in [1.165, 1.54) is 24.8 Å². The van der Waals surface area contributed by atoms with Crippen molar-refractivity contribution in [1.82, 2.24) is 0 Å². The van der Waals surface area contributed by atoms with Crippen LogP contribution < -0.4 is 0 Å². The summed E-state index contributed by atoms with van der Waals surface area (Å²) < 4.78 is 5.60. The molecule has 0 aliphatic heterocycles. The molecule has 0 amide bonds. The molecule has 2 rings (SSSR count). The molecule has 0 bridgehead atoms. The van der Waals surface area contributed by atoms with Gasteiger partial charge in [-0.2, -0.15) is 0 Å². The van der Waals surface area contributed by atoms with Crippen LogP contribution in [0.25, 0.3) is 0 Å². The molecule has 1 aromatic carbocycles. The highest BCUT2D eigenvalue weighted by Gasteiger charge is 2.18. The lowest BCUT2D eigenvalue weighted by atomic mass is 9.80. The fourth-order valence-electron chi connectivity index (χ4n) is 2.92. The molecule has 0 fully saturated rings. The number of hydrogen-bond acceptors (Lipinski definition) is 1. The third kappa shape index (κ3) is 5.79. The minimum Gasteiger partial charge on any atom is -0.501 e. The highest BCUT2D eigenvalue weighted by Crippen LogP contribution is 2.30. The molecule has 0 radical (unpaired) electrons. The summed E-state index contributed by atoms with van der Waals surface area (Å²) in [6, 6.07) is 10.5. The van der Waals surface area contributed by atoms with E-state index in [2.05, 4.69) is 50.3 Å². The van der Waals surface area contributed by atoms with Gasteiger partial charge in [-0.1, -0.05) is 48.9 Å². The molecular formula is C20H28O. The second-order valence-electron chi connectivity index (χ2n) is 6.28. The SMILES string of the molecule is CC1=CC[C@H](C(C)CC=COCCc2ccccc2)CC1. The van der Waals surface area contributed by atoms with E-state index in [1.807, 2.05) is 12.3 Å². The standard InChI is InChI=1S/C20H28O/c1-17-10-12-20(13-11-17)18(2)7-6-15-21-16-14-19-8-4-3-5-9-19/h3-6,8-10,15,18,20H,7,11-14,16H2,1-2H3/t18?,20-/m0/s1. The van der Waals surface area contributed by atoms with Crippen molar-refractivity contribution in [2.24, 2.45) is 11.8 Å². The van der Waals surface area contributed by atoms with E-state index >= 15 is 0 Å². The van der Waals surface area contributed by atoms with E-state index < -0.39 is 0 Å². The Kier molecular flexibility index (Phi) is 6.59. The van der Waals surface area contributed by atoms with Crippen molar-refractivity contribution in [2.45, 2.75) is 46.0 Å². The zero-order valence-electron chi connectivity index (χ0n) is 13.4. The monoisotopic (exact) mass is 284 g/mol. The van der Waals surface area contributed by atoms with E-state index in [4.69, 9.17) is 4.74 Å². The maximum Gasteiger partial charge on any atom is 0.0913 e. The van der Waals surface area contributed by atoms with Gasteiger partial charge in [0.25, 0.3) is 0 Å². The maximum atomic E-state index is 5.60. The van der Waals surface area contributed by atoms with Gasteiger partial charge in [-0.3, -0.25) is 0 Å². The van der Waals surface area contributed by atoms with Crippen molar-refractivity contribution < 1.29 is 4.74 Å². The van der Waals surface area contributed by atoms with Crippen LogP contribution in [0, 0.1) is 11.8 Å². The van der Waals surface area contributed by atoms with Crippen LogP contribution in [-0.2, 0) is 11.2 Å². The lowest BCUT2D eigenvalue weighted by Crippen LogP contribution is -2.13. The summed E-state index contributed by atoms with van der Waals surface area (Å²) in [6.07, 6.45) is 12.5. The minimum absolute atomic E-state index is 0.753. The van der Waals surface area contributed by atoms with Crippen molar-refractivity contribution in [1.29, 1.82) is 0 Å². The quantitative estimate of drug-likeness (QED) is 0.363. The Morgan fingerprint density at radius 1 is 1.29 bits per heavy atom. The topological polar surface area (TPSA) is 9.23 Å². The van der Waals surface area contributed by atoms with Crippen LogP contribution in [-0.4, -0.2) is 6.61 Å². The van der Waals surface area contributed by atoms with Gasteiger partial charge in [-0.05, 0) is 56.1 Å². The van der Waals surface area contributed by atoms with Crippen molar-refractivity contribution in [3.63, 3.8) is 0 Å². The Balaban J connectivity index is 1.59. The zero-order chi connectivity index (χ0) is 14.9. The predicted octanol–water partition coefficient (Wildman–Crippen LogP) is 5.53. The van der Waals surface area contributed by atoms with Crippen LogP contribution in [0.5, 0.6) is 0 Å². The van der Waals surface area contributed by atoms with Crippen LogP contribution in [0.3, 0.4) is 0 Å². The van der Waals surface area contributed by atoms with Gasteiger partial charge in [0, 0.05) is 6.42 Å². The second kappa shape index (κ2) is 8.71. The first-order valence-corrected chi connectivity index (χ1v) is 8.22. The zero-order valence-corrected chi connectivity index (χ0v) is 13.4. The van der Waals surface area contributed by atoms with Gasteiger partial charge in [0.05, 0.1) is 12.9 Å². The van der Waals surface area contributed by atoms with Gasteiger partial charge in [0.2, 0.25) is 0 Å². The van der Waals surface area contributed by atoms with E-state index in [1.54, 1.807) is 5.57 Å². The van der Waals surface area contributed by atoms with Crippen molar-refractivity contribution in [3.05, 3.63) is 59.9 Å². The summed E-state index contributed by atoms with van der Waals surface area (Å²) in [5.74, 6) is 1.60. The Bertz CT molecular complexity index is 458. The van der Waals surface area contributed by atoms with E-state index in [0.29, 0.717) is 0 Å². The van der Waals surface area contributed by atoms with Gasteiger partial charge in [0.15, 0.2) is 0 Å². The number of allylic oxidation sites excluding steroid dienone is 3. The molecular weight excluding hydrogens is 256 g/mol. The molecule has 1 aromatic rings. The van der Waals surface area contributed by atoms with Gasteiger partial charge in [0.1, 0.15) is 0 Å². The first-order chi connectivity index (χ1) is 10.3. The Hall–Kier alpha value is -1.50. The average Bonchev–Trinajstić information content (AvgIpc) is 2.52. The molecule has 0 N–H and O–H groups in total. The van der Waals surface area contributed by atoms with Crippen LogP contribution in [0.4, 0.5) is 0 Å². The van der Waals surface area contributed by atoms with Gasteiger partial charge >= 0.3 is 0 Å². The summed E-state index contributed by atoms with van der Waals surface area (Å²) in [7, 11) is 0. The molecule has 114 valence electrons. The molecule has 1 aliphatic carbocycles. The minimum atomic E-state index is 0.753. The number of ether oxygens (including phenoxy) is 1. The average molecular weight is 284 g/mol. The second-order valence-corrected chi connectivity index (χ2v) is 6.28. The summed E-state index contributed by atoms with van der Waals surface area (Å²) in [5, 5.41) is 0. The first kappa shape index (κ1) is 15.9. The van der Waals surface area contributed by atoms with Crippen LogP contribution in [0.2, 0.25) is 0 Å². The van der Waals surface area contributed by atoms with Crippen LogP contribution in [0.1, 0.15) is 45.1 Å².